The van der Waals surface area contributed by atoms with E-state index in [-0.39, 0.29) is 17.3 Å². The van der Waals surface area contributed by atoms with Crippen molar-refractivity contribution in [3.8, 4) is 5.69 Å². The topological polar surface area (TPSA) is 59.8 Å². The molecular formula is C19H19FN4OS. The van der Waals surface area contributed by atoms with Gasteiger partial charge >= 0.3 is 0 Å². The van der Waals surface area contributed by atoms with Gasteiger partial charge in [-0.2, -0.15) is 0 Å². The number of halogens is 1. The van der Waals surface area contributed by atoms with Crippen LogP contribution in [0.1, 0.15) is 17.0 Å². The fourth-order valence-corrected chi connectivity index (χ4v) is 3.26. The normalized spacial score (nSPS) is 10.8. The third kappa shape index (κ3) is 4.11. The number of amides is 1. The molecule has 1 amide bonds. The summed E-state index contributed by atoms with van der Waals surface area (Å²) in [4.78, 5) is 12.2. The largest absolute Gasteiger partial charge is 0.323 e. The zero-order valence-corrected chi connectivity index (χ0v) is 15.6. The van der Waals surface area contributed by atoms with E-state index in [1.54, 1.807) is 19.1 Å². The molecule has 1 heterocycles. The Morgan fingerprint density at radius 3 is 2.46 bits per heavy atom. The molecule has 7 heteroatoms. The zero-order chi connectivity index (χ0) is 18.7. The van der Waals surface area contributed by atoms with Crippen LogP contribution in [0, 0.1) is 26.6 Å². The van der Waals surface area contributed by atoms with Gasteiger partial charge < -0.3 is 5.32 Å². The number of nitrogens with one attached hydrogen (secondary N) is 1. The zero-order valence-electron chi connectivity index (χ0n) is 14.8. The number of aromatic nitrogens is 3. The lowest BCUT2D eigenvalue weighted by Gasteiger charge is -2.09. The maximum atomic E-state index is 13.8. The number of anilines is 1. The average Bonchev–Trinajstić information content (AvgIpc) is 2.97. The van der Waals surface area contributed by atoms with Crippen molar-refractivity contribution in [1.82, 2.24) is 14.8 Å². The van der Waals surface area contributed by atoms with Gasteiger partial charge in [0, 0.05) is 5.69 Å². The highest BCUT2D eigenvalue weighted by Crippen LogP contribution is 2.23. The maximum Gasteiger partial charge on any atom is 0.234 e. The van der Waals surface area contributed by atoms with Crippen LogP contribution >= 0.6 is 11.8 Å². The molecule has 0 bridgehead atoms. The summed E-state index contributed by atoms with van der Waals surface area (Å²) in [6.45, 7) is 5.68. The van der Waals surface area contributed by atoms with Crippen molar-refractivity contribution in [2.45, 2.75) is 25.9 Å². The summed E-state index contributed by atoms with van der Waals surface area (Å²) in [5, 5.41) is 11.5. The third-order valence-corrected chi connectivity index (χ3v) is 4.75. The number of rotatable bonds is 5. The van der Waals surface area contributed by atoms with Crippen LogP contribution in [-0.4, -0.2) is 26.4 Å². The summed E-state index contributed by atoms with van der Waals surface area (Å²) in [5.74, 6) is 0.106. The highest BCUT2D eigenvalue weighted by Gasteiger charge is 2.14. The Morgan fingerprint density at radius 1 is 1.08 bits per heavy atom. The number of hydrogen-bond donors (Lipinski definition) is 1. The van der Waals surface area contributed by atoms with Gasteiger partial charge in [0.25, 0.3) is 0 Å². The Morgan fingerprint density at radius 2 is 1.77 bits per heavy atom. The van der Waals surface area contributed by atoms with Gasteiger partial charge in [0.15, 0.2) is 5.16 Å². The molecule has 0 saturated heterocycles. The smallest absolute Gasteiger partial charge is 0.234 e. The second-order valence-electron chi connectivity index (χ2n) is 6.02. The maximum absolute atomic E-state index is 13.8. The lowest BCUT2D eigenvalue weighted by Crippen LogP contribution is -2.15. The standard InChI is InChI=1S/C19H19FN4OS/c1-12-4-7-15(8-5-12)24-14(3)22-23-19(24)26-11-18(25)21-17-9-6-13(2)10-16(17)20/h4-10H,11H2,1-3H3,(H,21,25). The first-order chi connectivity index (χ1) is 12.4. The molecule has 0 aliphatic carbocycles. The monoisotopic (exact) mass is 370 g/mol. The van der Waals surface area contributed by atoms with Crippen LogP contribution in [0.15, 0.2) is 47.6 Å². The number of carbonyl (C=O) groups is 1. The van der Waals surface area contributed by atoms with Gasteiger partial charge in [-0.25, -0.2) is 4.39 Å². The number of nitrogens with zero attached hydrogens (tertiary/aromatic N) is 3. The Balaban J connectivity index is 1.70. The van der Waals surface area contributed by atoms with E-state index in [0.29, 0.717) is 5.16 Å². The van der Waals surface area contributed by atoms with Crippen LogP contribution in [-0.2, 0) is 4.79 Å². The van der Waals surface area contributed by atoms with Crippen LogP contribution in [0.3, 0.4) is 0 Å². The summed E-state index contributed by atoms with van der Waals surface area (Å²) in [6.07, 6.45) is 0. The van der Waals surface area contributed by atoms with E-state index < -0.39 is 5.82 Å². The van der Waals surface area contributed by atoms with Crippen molar-refractivity contribution < 1.29 is 9.18 Å². The predicted octanol–water partition coefficient (Wildman–Crippen LogP) is 4.06. The molecule has 1 aromatic heterocycles. The average molecular weight is 370 g/mol. The number of thioether (sulfide) groups is 1. The Hall–Kier alpha value is -2.67. The van der Waals surface area contributed by atoms with Crippen LogP contribution in [0.2, 0.25) is 0 Å². The molecule has 0 saturated carbocycles. The minimum absolute atomic E-state index is 0.108. The van der Waals surface area contributed by atoms with Gasteiger partial charge in [0.1, 0.15) is 11.6 Å². The molecule has 0 aliphatic rings. The van der Waals surface area contributed by atoms with E-state index in [0.717, 1.165) is 22.6 Å². The van der Waals surface area contributed by atoms with Crippen molar-refractivity contribution in [3.63, 3.8) is 0 Å². The van der Waals surface area contributed by atoms with Crippen LogP contribution in [0.5, 0.6) is 0 Å². The minimum Gasteiger partial charge on any atom is -0.323 e. The third-order valence-electron chi connectivity index (χ3n) is 3.82. The Kier molecular flexibility index (Phi) is 5.37. The van der Waals surface area contributed by atoms with Gasteiger partial charge in [-0.15, -0.1) is 10.2 Å². The molecule has 0 unspecified atom stereocenters. The van der Waals surface area contributed by atoms with Crippen molar-refractivity contribution in [2.24, 2.45) is 0 Å². The molecule has 3 rings (SSSR count). The van der Waals surface area contributed by atoms with E-state index in [4.69, 9.17) is 0 Å². The van der Waals surface area contributed by atoms with Crippen LogP contribution in [0.25, 0.3) is 5.69 Å². The van der Waals surface area contributed by atoms with Crippen molar-refractivity contribution in [3.05, 3.63) is 65.2 Å². The molecule has 2 aromatic carbocycles. The molecule has 134 valence electrons. The lowest BCUT2D eigenvalue weighted by molar-refractivity contribution is -0.113. The number of benzene rings is 2. The quantitative estimate of drug-likeness (QED) is 0.688. The number of aryl methyl sites for hydroxylation is 3. The summed E-state index contributed by atoms with van der Waals surface area (Å²) in [7, 11) is 0. The minimum atomic E-state index is -0.443. The molecular weight excluding hydrogens is 351 g/mol. The Bertz CT molecular complexity index is 937. The van der Waals surface area contributed by atoms with E-state index in [1.807, 2.05) is 42.7 Å². The second kappa shape index (κ2) is 7.70. The lowest BCUT2D eigenvalue weighted by atomic mass is 10.2. The van der Waals surface area contributed by atoms with E-state index in [1.165, 1.54) is 17.8 Å². The summed E-state index contributed by atoms with van der Waals surface area (Å²) in [5.41, 5.74) is 3.08. The molecule has 0 spiro atoms. The molecule has 0 radical (unpaired) electrons. The fraction of sp³-hybridized carbons (Fsp3) is 0.211. The molecule has 1 N–H and O–H groups in total. The molecule has 0 fully saturated rings. The first-order valence-electron chi connectivity index (χ1n) is 8.12. The van der Waals surface area contributed by atoms with Crippen molar-refractivity contribution in [1.29, 1.82) is 0 Å². The molecule has 26 heavy (non-hydrogen) atoms. The first-order valence-corrected chi connectivity index (χ1v) is 9.10. The van der Waals surface area contributed by atoms with Crippen molar-refractivity contribution in [2.75, 3.05) is 11.1 Å². The molecule has 3 aromatic rings. The van der Waals surface area contributed by atoms with Gasteiger partial charge in [-0.3, -0.25) is 9.36 Å². The van der Waals surface area contributed by atoms with Gasteiger partial charge in [0.2, 0.25) is 5.91 Å². The highest BCUT2D eigenvalue weighted by molar-refractivity contribution is 7.99. The van der Waals surface area contributed by atoms with Gasteiger partial charge in [-0.1, -0.05) is 35.5 Å². The van der Waals surface area contributed by atoms with E-state index in [9.17, 15) is 9.18 Å². The molecule has 0 atom stereocenters. The van der Waals surface area contributed by atoms with E-state index >= 15 is 0 Å². The fourth-order valence-electron chi connectivity index (χ4n) is 2.47. The molecule has 0 aliphatic heterocycles. The number of carbonyl (C=O) groups excluding carboxylic acids is 1. The molecule has 5 nitrogen and oxygen atoms in total. The number of hydrogen-bond acceptors (Lipinski definition) is 4. The van der Waals surface area contributed by atoms with Gasteiger partial charge in [-0.05, 0) is 50.6 Å². The SMILES string of the molecule is Cc1ccc(-n2c(C)nnc2SCC(=O)Nc2ccc(C)cc2F)cc1. The Labute approximate surface area is 155 Å². The van der Waals surface area contributed by atoms with Crippen LogP contribution < -0.4 is 5.32 Å². The van der Waals surface area contributed by atoms with Crippen molar-refractivity contribution >= 4 is 23.4 Å². The summed E-state index contributed by atoms with van der Waals surface area (Å²) in [6, 6.07) is 12.7. The van der Waals surface area contributed by atoms with E-state index in [2.05, 4.69) is 15.5 Å². The first kappa shape index (κ1) is 18.1. The summed E-state index contributed by atoms with van der Waals surface area (Å²) < 4.78 is 15.7. The summed E-state index contributed by atoms with van der Waals surface area (Å²) >= 11 is 1.26. The highest BCUT2D eigenvalue weighted by atomic mass is 32.2. The second-order valence-corrected chi connectivity index (χ2v) is 6.96. The van der Waals surface area contributed by atoms with Gasteiger partial charge in [0.05, 0.1) is 11.4 Å². The predicted molar refractivity (Wildman–Crippen MR) is 101 cm³/mol. The van der Waals surface area contributed by atoms with Crippen LogP contribution in [0.4, 0.5) is 10.1 Å².